The molecule has 2 rings (SSSR count). The van der Waals surface area contributed by atoms with Crippen LogP contribution in [0.25, 0.3) is 0 Å². The van der Waals surface area contributed by atoms with Crippen LogP contribution in [0.4, 0.5) is 0 Å². The number of aliphatic hydroxyl groups excluding tert-OH is 1. The average Bonchev–Trinajstić information content (AvgIpc) is 2.48. The Morgan fingerprint density at radius 2 is 2.15 bits per heavy atom. The molecule has 1 atom stereocenters. The Balaban J connectivity index is 2.51. The molecule has 0 amide bonds. The number of hydrogen-bond acceptors (Lipinski definition) is 1. The van der Waals surface area contributed by atoms with E-state index in [0.717, 1.165) is 18.4 Å². The molecule has 1 aliphatic carbocycles. The van der Waals surface area contributed by atoms with Crippen LogP contribution in [-0.2, 0) is 6.42 Å². The molecule has 1 aliphatic rings. The van der Waals surface area contributed by atoms with Crippen molar-refractivity contribution in [3.63, 3.8) is 0 Å². The first kappa shape index (κ1) is 8.76. The lowest BCUT2D eigenvalue weighted by Crippen LogP contribution is -1.96. The molecule has 13 heavy (non-hydrogen) atoms. The second-order valence-corrected chi connectivity index (χ2v) is 4.12. The van der Waals surface area contributed by atoms with Crippen molar-refractivity contribution < 1.29 is 5.11 Å². The monoisotopic (exact) mass is 176 g/mol. The third-order valence-corrected chi connectivity index (χ3v) is 2.90. The van der Waals surface area contributed by atoms with Gasteiger partial charge in [0.15, 0.2) is 0 Å². The first-order valence-electron chi connectivity index (χ1n) is 5.00. The van der Waals surface area contributed by atoms with Crippen molar-refractivity contribution in [1.82, 2.24) is 0 Å². The third kappa shape index (κ3) is 1.37. The van der Waals surface area contributed by atoms with Gasteiger partial charge in [-0.2, -0.15) is 0 Å². The molecule has 0 aliphatic heterocycles. The van der Waals surface area contributed by atoms with Crippen molar-refractivity contribution in [3.05, 3.63) is 34.9 Å². The minimum Gasteiger partial charge on any atom is -0.388 e. The molecule has 1 unspecified atom stereocenters. The summed E-state index contributed by atoms with van der Waals surface area (Å²) in [6.45, 7) is 4.42. The molecule has 0 spiro atoms. The smallest absolute Gasteiger partial charge is 0.0796 e. The number of hydrogen-bond donors (Lipinski definition) is 1. The SMILES string of the molecule is CC(C)c1cccc2c1CCC2O. The molecule has 1 N–H and O–H groups in total. The summed E-state index contributed by atoms with van der Waals surface area (Å²) in [6, 6.07) is 6.29. The van der Waals surface area contributed by atoms with E-state index in [9.17, 15) is 5.11 Å². The fourth-order valence-corrected chi connectivity index (χ4v) is 2.20. The van der Waals surface area contributed by atoms with Crippen molar-refractivity contribution in [2.24, 2.45) is 0 Å². The molecular formula is C12H16O. The van der Waals surface area contributed by atoms with Gasteiger partial charge in [-0.25, -0.2) is 0 Å². The maximum Gasteiger partial charge on any atom is 0.0796 e. The number of rotatable bonds is 1. The van der Waals surface area contributed by atoms with Gasteiger partial charge in [-0.15, -0.1) is 0 Å². The van der Waals surface area contributed by atoms with E-state index < -0.39 is 0 Å². The summed E-state index contributed by atoms with van der Waals surface area (Å²) >= 11 is 0. The predicted octanol–water partition coefficient (Wildman–Crippen LogP) is 2.79. The van der Waals surface area contributed by atoms with E-state index >= 15 is 0 Å². The fraction of sp³-hybridized carbons (Fsp3) is 0.500. The van der Waals surface area contributed by atoms with Crippen molar-refractivity contribution >= 4 is 0 Å². The van der Waals surface area contributed by atoms with E-state index in [4.69, 9.17) is 0 Å². The first-order chi connectivity index (χ1) is 6.20. The van der Waals surface area contributed by atoms with Crippen LogP contribution < -0.4 is 0 Å². The van der Waals surface area contributed by atoms with Crippen molar-refractivity contribution in [1.29, 1.82) is 0 Å². The highest BCUT2D eigenvalue weighted by molar-refractivity contribution is 5.41. The van der Waals surface area contributed by atoms with Gasteiger partial charge in [0.2, 0.25) is 0 Å². The highest BCUT2D eigenvalue weighted by Crippen LogP contribution is 2.35. The predicted molar refractivity (Wildman–Crippen MR) is 53.8 cm³/mol. The van der Waals surface area contributed by atoms with Crippen LogP contribution in [0.5, 0.6) is 0 Å². The molecule has 1 nitrogen and oxygen atoms in total. The zero-order valence-corrected chi connectivity index (χ0v) is 8.25. The van der Waals surface area contributed by atoms with Gasteiger partial charge in [0, 0.05) is 0 Å². The van der Waals surface area contributed by atoms with Gasteiger partial charge in [0.05, 0.1) is 6.10 Å². The fourth-order valence-electron chi connectivity index (χ4n) is 2.20. The van der Waals surface area contributed by atoms with E-state index in [2.05, 4.69) is 32.0 Å². The van der Waals surface area contributed by atoms with Gasteiger partial charge < -0.3 is 5.11 Å². The average molecular weight is 176 g/mol. The summed E-state index contributed by atoms with van der Waals surface area (Å²) in [5, 5.41) is 9.69. The van der Waals surface area contributed by atoms with E-state index in [1.54, 1.807) is 0 Å². The topological polar surface area (TPSA) is 20.2 Å². The molecule has 0 radical (unpaired) electrons. The van der Waals surface area contributed by atoms with E-state index in [0.29, 0.717) is 5.92 Å². The minimum absolute atomic E-state index is 0.214. The molecule has 1 aromatic rings. The summed E-state index contributed by atoms with van der Waals surface area (Å²) in [5.41, 5.74) is 3.96. The highest BCUT2D eigenvalue weighted by atomic mass is 16.3. The molecule has 1 heteroatoms. The van der Waals surface area contributed by atoms with Gasteiger partial charge in [-0.3, -0.25) is 0 Å². The van der Waals surface area contributed by atoms with Crippen molar-refractivity contribution in [2.75, 3.05) is 0 Å². The highest BCUT2D eigenvalue weighted by Gasteiger charge is 2.22. The molecule has 0 bridgehead atoms. The Kier molecular flexibility index (Phi) is 2.12. The summed E-state index contributed by atoms with van der Waals surface area (Å²) in [5.74, 6) is 0.570. The van der Waals surface area contributed by atoms with Gasteiger partial charge in [-0.05, 0) is 35.4 Å². The Hall–Kier alpha value is -0.820. The van der Waals surface area contributed by atoms with Crippen molar-refractivity contribution in [3.8, 4) is 0 Å². The third-order valence-electron chi connectivity index (χ3n) is 2.90. The van der Waals surface area contributed by atoms with Crippen LogP contribution in [-0.4, -0.2) is 5.11 Å². The van der Waals surface area contributed by atoms with Gasteiger partial charge in [-0.1, -0.05) is 32.0 Å². The molecule has 70 valence electrons. The van der Waals surface area contributed by atoms with Crippen molar-refractivity contribution in [2.45, 2.75) is 38.7 Å². The second kappa shape index (κ2) is 3.15. The van der Waals surface area contributed by atoms with Crippen LogP contribution in [0.3, 0.4) is 0 Å². The van der Waals surface area contributed by atoms with Crippen LogP contribution in [0.1, 0.15) is 49.0 Å². The molecule has 0 saturated heterocycles. The lowest BCUT2D eigenvalue weighted by molar-refractivity contribution is 0.180. The summed E-state index contributed by atoms with van der Waals surface area (Å²) in [7, 11) is 0. The molecule has 0 heterocycles. The summed E-state index contributed by atoms with van der Waals surface area (Å²) < 4.78 is 0. The summed E-state index contributed by atoms with van der Waals surface area (Å²) in [6.07, 6.45) is 1.73. The molecule has 0 aromatic heterocycles. The first-order valence-corrected chi connectivity index (χ1v) is 5.00. The number of benzene rings is 1. The van der Waals surface area contributed by atoms with Crippen LogP contribution >= 0.6 is 0 Å². The Morgan fingerprint density at radius 1 is 1.38 bits per heavy atom. The quantitative estimate of drug-likeness (QED) is 0.697. The maximum atomic E-state index is 9.69. The van der Waals surface area contributed by atoms with E-state index in [1.165, 1.54) is 11.1 Å². The Bertz CT molecular complexity index is 315. The van der Waals surface area contributed by atoms with Gasteiger partial charge in [0.25, 0.3) is 0 Å². The van der Waals surface area contributed by atoms with Crippen LogP contribution in [0, 0.1) is 0 Å². The number of aliphatic hydroxyl groups is 1. The van der Waals surface area contributed by atoms with Crippen LogP contribution in [0.15, 0.2) is 18.2 Å². The molecular weight excluding hydrogens is 160 g/mol. The molecule has 0 fully saturated rings. The zero-order chi connectivity index (χ0) is 9.42. The van der Waals surface area contributed by atoms with E-state index in [1.807, 2.05) is 0 Å². The van der Waals surface area contributed by atoms with Gasteiger partial charge in [0.1, 0.15) is 0 Å². The zero-order valence-electron chi connectivity index (χ0n) is 8.25. The number of fused-ring (bicyclic) bond motifs is 1. The lowest BCUT2D eigenvalue weighted by atomic mass is 9.95. The van der Waals surface area contributed by atoms with E-state index in [-0.39, 0.29) is 6.10 Å². The molecule has 1 aromatic carbocycles. The lowest BCUT2D eigenvalue weighted by Gasteiger charge is -2.11. The maximum absolute atomic E-state index is 9.69. The minimum atomic E-state index is -0.214. The van der Waals surface area contributed by atoms with Gasteiger partial charge >= 0.3 is 0 Å². The Morgan fingerprint density at radius 3 is 2.85 bits per heavy atom. The second-order valence-electron chi connectivity index (χ2n) is 4.12. The largest absolute Gasteiger partial charge is 0.388 e. The molecule has 0 saturated carbocycles. The summed E-state index contributed by atoms with van der Waals surface area (Å²) in [4.78, 5) is 0. The Labute approximate surface area is 79.4 Å². The van der Waals surface area contributed by atoms with Crippen LogP contribution in [0.2, 0.25) is 0 Å². The normalized spacial score (nSPS) is 20.8. The standard InChI is InChI=1S/C12H16O/c1-8(2)9-4-3-5-11-10(9)6-7-12(11)13/h3-5,8,12-13H,6-7H2,1-2H3.